The van der Waals surface area contributed by atoms with Crippen molar-refractivity contribution in [2.75, 3.05) is 0 Å². The molecular weight excluding hydrogens is 185 g/mol. The second-order valence-electron chi connectivity index (χ2n) is 2.32. The molecule has 0 saturated carbocycles. The molecule has 0 bridgehead atoms. The standard InChI is InChI=1S/C7H7F3N2O/c1-2-12-7(10)4(3-13)5(11-12)6(8)9/h3,6H,2H2,1H3. The summed E-state index contributed by atoms with van der Waals surface area (Å²) >= 11 is 0. The van der Waals surface area contributed by atoms with E-state index in [4.69, 9.17) is 0 Å². The smallest absolute Gasteiger partial charge is 0.282 e. The molecule has 0 amide bonds. The lowest BCUT2D eigenvalue weighted by Gasteiger charge is -1.93. The summed E-state index contributed by atoms with van der Waals surface area (Å²) in [5, 5.41) is 3.26. The minimum absolute atomic E-state index is 0.0516. The maximum absolute atomic E-state index is 13.0. The van der Waals surface area contributed by atoms with Crippen molar-refractivity contribution in [1.29, 1.82) is 0 Å². The molecule has 13 heavy (non-hydrogen) atoms. The van der Waals surface area contributed by atoms with Gasteiger partial charge in [0, 0.05) is 6.54 Å². The van der Waals surface area contributed by atoms with Gasteiger partial charge in [-0.2, -0.15) is 9.49 Å². The Hall–Kier alpha value is -1.33. The predicted molar refractivity (Wildman–Crippen MR) is 38.2 cm³/mol. The van der Waals surface area contributed by atoms with Crippen molar-refractivity contribution in [2.24, 2.45) is 0 Å². The van der Waals surface area contributed by atoms with Crippen LogP contribution >= 0.6 is 0 Å². The topological polar surface area (TPSA) is 34.9 Å². The van der Waals surface area contributed by atoms with Crippen LogP contribution in [0.25, 0.3) is 0 Å². The summed E-state index contributed by atoms with van der Waals surface area (Å²) in [4.78, 5) is 10.3. The Balaban J connectivity index is 3.27. The lowest BCUT2D eigenvalue weighted by molar-refractivity contribution is 0.110. The first kappa shape index (κ1) is 9.76. The molecule has 0 aliphatic heterocycles. The minimum atomic E-state index is -2.93. The van der Waals surface area contributed by atoms with E-state index in [9.17, 15) is 18.0 Å². The van der Waals surface area contributed by atoms with Crippen LogP contribution in [0.15, 0.2) is 0 Å². The van der Waals surface area contributed by atoms with Gasteiger partial charge >= 0.3 is 0 Å². The summed E-state index contributed by atoms with van der Waals surface area (Å²) in [6.07, 6.45) is -2.88. The van der Waals surface area contributed by atoms with E-state index in [1.165, 1.54) is 0 Å². The minimum Gasteiger partial charge on any atom is -0.298 e. The van der Waals surface area contributed by atoms with Gasteiger partial charge in [-0.25, -0.2) is 13.5 Å². The number of aryl methyl sites for hydroxylation is 1. The van der Waals surface area contributed by atoms with Crippen molar-refractivity contribution < 1.29 is 18.0 Å². The van der Waals surface area contributed by atoms with E-state index in [0.717, 1.165) is 4.68 Å². The Labute approximate surface area is 72.2 Å². The molecule has 0 atom stereocenters. The van der Waals surface area contributed by atoms with Gasteiger partial charge in [0.15, 0.2) is 6.29 Å². The Morgan fingerprint density at radius 1 is 1.62 bits per heavy atom. The van der Waals surface area contributed by atoms with Crippen LogP contribution in [0.4, 0.5) is 13.2 Å². The summed E-state index contributed by atoms with van der Waals surface area (Å²) in [5.74, 6) is -1.01. The largest absolute Gasteiger partial charge is 0.298 e. The van der Waals surface area contributed by atoms with Crippen LogP contribution in [0.5, 0.6) is 0 Å². The van der Waals surface area contributed by atoms with Crippen molar-refractivity contribution in [3.05, 3.63) is 17.2 Å². The van der Waals surface area contributed by atoms with E-state index in [2.05, 4.69) is 5.10 Å². The summed E-state index contributed by atoms with van der Waals surface area (Å²) in [6, 6.07) is 0. The average Bonchev–Trinajstić information content (AvgIpc) is 2.42. The third-order valence-electron chi connectivity index (χ3n) is 1.58. The van der Waals surface area contributed by atoms with Crippen molar-refractivity contribution in [3.63, 3.8) is 0 Å². The molecule has 1 heterocycles. The monoisotopic (exact) mass is 192 g/mol. The first-order chi connectivity index (χ1) is 6.11. The van der Waals surface area contributed by atoms with Crippen LogP contribution in [-0.4, -0.2) is 16.1 Å². The summed E-state index contributed by atoms with van der Waals surface area (Å²) in [7, 11) is 0. The van der Waals surface area contributed by atoms with E-state index in [1.807, 2.05) is 0 Å². The lowest BCUT2D eigenvalue weighted by Crippen LogP contribution is -2.00. The van der Waals surface area contributed by atoms with Gasteiger partial charge in [0.1, 0.15) is 5.69 Å². The fourth-order valence-electron chi connectivity index (χ4n) is 0.952. The highest BCUT2D eigenvalue weighted by Crippen LogP contribution is 2.22. The highest BCUT2D eigenvalue weighted by Gasteiger charge is 2.23. The second-order valence-corrected chi connectivity index (χ2v) is 2.32. The molecule has 0 spiro atoms. The Morgan fingerprint density at radius 3 is 2.54 bits per heavy atom. The molecule has 0 aliphatic carbocycles. The molecule has 0 aromatic carbocycles. The van der Waals surface area contributed by atoms with Gasteiger partial charge in [0.25, 0.3) is 6.43 Å². The number of alkyl halides is 2. The average molecular weight is 192 g/mol. The van der Waals surface area contributed by atoms with Crippen LogP contribution in [0, 0.1) is 5.95 Å². The maximum atomic E-state index is 13.0. The number of carbonyl (C=O) groups is 1. The molecule has 3 nitrogen and oxygen atoms in total. The zero-order chi connectivity index (χ0) is 10.0. The van der Waals surface area contributed by atoms with E-state index >= 15 is 0 Å². The lowest BCUT2D eigenvalue weighted by atomic mass is 10.3. The number of hydrogen-bond acceptors (Lipinski definition) is 2. The van der Waals surface area contributed by atoms with E-state index in [1.54, 1.807) is 6.92 Å². The normalized spacial score (nSPS) is 10.8. The van der Waals surface area contributed by atoms with Crippen molar-refractivity contribution in [2.45, 2.75) is 19.9 Å². The zero-order valence-corrected chi connectivity index (χ0v) is 6.80. The fourth-order valence-corrected chi connectivity index (χ4v) is 0.952. The van der Waals surface area contributed by atoms with Crippen LogP contribution in [0.1, 0.15) is 29.4 Å². The van der Waals surface area contributed by atoms with Crippen LogP contribution in [0.2, 0.25) is 0 Å². The summed E-state index contributed by atoms with van der Waals surface area (Å²) in [5.41, 5.74) is -1.45. The molecule has 72 valence electrons. The predicted octanol–water partition coefficient (Wildman–Crippen LogP) is 1.79. The Bertz CT molecular complexity index is 322. The van der Waals surface area contributed by atoms with Gasteiger partial charge < -0.3 is 0 Å². The van der Waals surface area contributed by atoms with Gasteiger partial charge in [-0.15, -0.1) is 0 Å². The van der Waals surface area contributed by atoms with Gasteiger partial charge in [-0.3, -0.25) is 4.79 Å². The fraction of sp³-hybridized carbons (Fsp3) is 0.429. The van der Waals surface area contributed by atoms with Crippen molar-refractivity contribution >= 4 is 6.29 Å². The number of nitrogens with zero attached hydrogens (tertiary/aromatic N) is 2. The molecule has 0 radical (unpaired) electrons. The quantitative estimate of drug-likeness (QED) is 0.684. The maximum Gasteiger partial charge on any atom is 0.282 e. The molecule has 0 fully saturated rings. The molecule has 0 unspecified atom stereocenters. The zero-order valence-electron chi connectivity index (χ0n) is 6.80. The third kappa shape index (κ3) is 1.56. The van der Waals surface area contributed by atoms with Crippen LogP contribution < -0.4 is 0 Å². The van der Waals surface area contributed by atoms with Gasteiger partial charge in [-0.05, 0) is 6.92 Å². The summed E-state index contributed by atoms with van der Waals surface area (Å²) < 4.78 is 38.0. The second kappa shape index (κ2) is 3.59. The molecule has 1 aromatic heterocycles. The SMILES string of the molecule is CCn1nc(C(F)F)c(C=O)c1F. The van der Waals surface area contributed by atoms with Gasteiger partial charge in [0.2, 0.25) is 5.95 Å². The molecule has 0 aliphatic rings. The third-order valence-corrected chi connectivity index (χ3v) is 1.58. The first-order valence-corrected chi connectivity index (χ1v) is 3.61. The molecule has 1 aromatic rings. The van der Waals surface area contributed by atoms with Crippen molar-refractivity contribution in [1.82, 2.24) is 9.78 Å². The first-order valence-electron chi connectivity index (χ1n) is 3.61. The van der Waals surface area contributed by atoms with Gasteiger partial charge in [-0.1, -0.05) is 0 Å². The number of halogens is 3. The number of rotatable bonds is 3. The number of aromatic nitrogens is 2. The van der Waals surface area contributed by atoms with Crippen molar-refractivity contribution in [3.8, 4) is 0 Å². The Morgan fingerprint density at radius 2 is 2.23 bits per heavy atom. The van der Waals surface area contributed by atoms with E-state index < -0.39 is 23.6 Å². The number of carbonyl (C=O) groups excluding carboxylic acids is 1. The van der Waals surface area contributed by atoms with Crippen LogP contribution in [0.3, 0.4) is 0 Å². The molecule has 6 heteroatoms. The molecule has 0 N–H and O–H groups in total. The highest BCUT2D eigenvalue weighted by atomic mass is 19.3. The Kier molecular flexibility index (Phi) is 2.69. The van der Waals surface area contributed by atoms with E-state index in [-0.39, 0.29) is 12.8 Å². The summed E-state index contributed by atoms with van der Waals surface area (Å²) in [6.45, 7) is 1.65. The van der Waals surface area contributed by atoms with E-state index in [0.29, 0.717) is 0 Å². The number of hydrogen-bond donors (Lipinski definition) is 0. The number of aldehydes is 1. The van der Waals surface area contributed by atoms with Gasteiger partial charge in [0.05, 0.1) is 5.56 Å². The molecule has 0 saturated heterocycles. The highest BCUT2D eigenvalue weighted by molar-refractivity contribution is 5.76. The molecular formula is C7H7F3N2O. The van der Waals surface area contributed by atoms with Crippen LogP contribution in [-0.2, 0) is 6.54 Å². The molecule has 1 rings (SSSR count).